The number of carbonyl (C=O) groups is 1. The van der Waals surface area contributed by atoms with E-state index in [1.165, 1.54) is 17.8 Å². The zero-order valence-corrected chi connectivity index (χ0v) is 18.0. The highest BCUT2D eigenvalue weighted by Gasteiger charge is 2.61. The van der Waals surface area contributed by atoms with Gasteiger partial charge in [-0.2, -0.15) is 0 Å². The molecule has 0 aliphatic heterocycles. The normalized spacial score (nSPS) is 34.7. The van der Waals surface area contributed by atoms with E-state index in [4.69, 9.17) is 16.3 Å². The lowest BCUT2D eigenvalue weighted by molar-refractivity contribution is -0.175. The smallest absolute Gasteiger partial charge is 0.312 e. The van der Waals surface area contributed by atoms with Gasteiger partial charge in [0.15, 0.2) is 11.9 Å². The van der Waals surface area contributed by atoms with E-state index in [1.807, 2.05) is 13.8 Å². The van der Waals surface area contributed by atoms with Gasteiger partial charge in [0, 0.05) is 9.75 Å². The number of esters is 1. The van der Waals surface area contributed by atoms with Gasteiger partial charge in [-0.25, -0.2) is 4.98 Å². The van der Waals surface area contributed by atoms with Crippen molar-refractivity contribution in [1.82, 2.24) is 9.97 Å². The van der Waals surface area contributed by atoms with E-state index < -0.39 is 11.5 Å². The Balaban J connectivity index is 1.41. The molecule has 150 valence electrons. The van der Waals surface area contributed by atoms with Gasteiger partial charge in [0.05, 0.1) is 10.8 Å². The summed E-state index contributed by atoms with van der Waals surface area (Å²) in [4.78, 5) is 34.7. The number of H-pyrrole nitrogens is 1. The highest BCUT2D eigenvalue weighted by atomic mass is 35.5. The number of nitrogens with one attached hydrogen (secondary N) is 1. The molecule has 4 saturated carbocycles. The number of carbonyl (C=O) groups excluding carboxylic acids is 1. The topological polar surface area (TPSA) is 72.0 Å². The molecule has 0 aromatic carbocycles. The van der Waals surface area contributed by atoms with Crippen molar-refractivity contribution < 1.29 is 9.53 Å². The third kappa shape index (κ3) is 2.75. The second-order valence-electron chi connectivity index (χ2n) is 9.35. The summed E-state index contributed by atoms with van der Waals surface area (Å²) in [5.41, 5.74) is 0.339. The first-order valence-electron chi connectivity index (χ1n) is 10.1. The van der Waals surface area contributed by atoms with Crippen LogP contribution in [0.25, 0.3) is 10.2 Å². The van der Waals surface area contributed by atoms with E-state index in [9.17, 15) is 9.59 Å². The van der Waals surface area contributed by atoms with Crippen LogP contribution in [0.1, 0.15) is 67.8 Å². The van der Waals surface area contributed by atoms with Crippen molar-refractivity contribution >= 4 is 39.1 Å². The molecule has 4 bridgehead atoms. The third-order valence-corrected chi connectivity index (χ3v) is 8.69. The molecule has 0 radical (unpaired) electrons. The van der Waals surface area contributed by atoms with Crippen LogP contribution in [0.3, 0.4) is 0 Å². The van der Waals surface area contributed by atoms with Crippen LogP contribution in [-0.4, -0.2) is 20.8 Å². The minimum Gasteiger partial charge on any atom is -0.454 e. The molecule has 2 aromatic rings. The van der Waals surface area contributed by atoms with Crippen molar-refractivity contribution in [2.45, 2.75) is 70.3 Å². The average molecular weight is 421 g/mol. The van der Waals surface area contributed by atoms with Crippen molar-refractivity contribution in [3.05, 3.63) is 26.6 Å². The summed E-state index contributed by atoms with van der Waals surface area (Å²) in [6.07, 6.45) is 5.14. The van der Waals surface area contributed by atoms with Crippen LogP contribution in [0.5, 0.6) is 0 Å². The lowest BCUT2D eigenvalue weighted by Gasteiger charge is -2.58. The summed E-state index contributed by atoms with van der Waals surface area (Å²) in [5.74, 6) is 1.32. The second-order valence-corrected chi connectivity index (χ2v) is 11.4. The lowest BCUT2D eigenvalue weighted by Crippen LogP contribution is -2.56. The molecule has 6 rings (SSSR count). The van der Waals surface area contributed by atoms with Crippen LogP contribution in [0.4, 0.5) is 0 Å². The van der Waals surface area contributed by atoms with E-state index in [-0.39, 0.29) is 16.4 Å². The van der Waals surface area contributed by atoms with Crippen molar-refractivity contribution in [3.8, 4) is 0 Å². The third-order valence-electron chi connectivity index (χ3n) is 7.15. The van der Waals surface area contributed by atoms with Crippen LogP contribution in [-0.2, 0) is 9.53 Å². The number of rotatable bonds is 3. The van der Waals surface area contributed by atoms with Crippen molar-refractivity contribution in [2.24, 2.45) is 17.3 Å². The highest BCUT2D eigenvalue weighted by Crippen LogP contribution is 2.64. The first-order valence-corrected chi connectivity index (χ1v) is 11.3. The summed E-state index contributed by atoms with van der Waals surface area (Å²) in [6.45, 7) is 5.70. The Hall–Kier alpha value is -1.40. The number of halogens is 1. The molecule has 0 spiro atoms. The second kappa shape index (κ2) is 6.05. The van der Waals surface area contributed by atoms with Gasteiger partial charge in [0.25, 0.3) is 5.56 Å². The number of nitrogens with zero attached hydrogens (tertiary/aromatic N) is 1. The van der Waals surface area contributed by atoms with Gasteiger partial charge in [-0.1, -0.05) is 0 Å². The Morgan fingerprint density at radius 1 is 1.29 bits per heavy atom. The molecular formula is C21H25ClN2O3S. The van der Waals surface area contributed by atoms with Crippen LogP contribution < -0.4 is 5.56 Å². The van der Waals surface area contributed by atoms with Gasteiger partial charge in [0.1, 0.15) is 4.83 Å². The molecule has 4 fully saturated rings. The van der Waals surface area contributed by atoms with E-state index in [0.717, 1.165) is 36.1 Å². The lowest BCUT2D eigenvalue weighted by atomic mass is 9.49. The maximum absolute atomic E-state index is 13.2. The van der Waals surface area contributed by atoms with Gasteiger partial charge >= 0.3 is 5.97 Å². The molecule has 4 aliphatic rings. The van der Waals surface area contributed by atoms with Crippen molar-refractivity contribution in [3.63, 3.8) is 0 Å². The summed E-state index contributed by atoms with van der Waals surface area (Å²) >= 11 is 8.36. The van der Waals surface area contributed by atoms with Gasteiger partial charge in [-0.15, -0.1) is 22.9 Å². The number of aromatic nitrogens is 2. The fraction of sp³-hybridized carbons (Fsp3) is 0.667. The average Bonchev–Trinajstić information content (AvgIpc) is 2.87. The summed E-state index contributed by atoms with van der Waals surface area (Å²) in [5, 5.41) is 0.634. The Morgan fingerprint density at radius 2 is 1.96 bits per heavy atom. The van der Waals surface area contributed by atoms with Gasteiger partial charge in [-0.05, 0) is 76.7 Å². The molecule has 5 nitrogen and oxygen atoms in total. The molecule has 5 atom stereocenters. The maximum Gasteiger partial charge on any atom is 0.312 e. The molecule has 0 amide bonds. The molecule has 0 saturated heterocycles. The van der Waals surface area contributed by atoms with Gasteiger partial charge < -0.3 is 9.72 Å². The Kier molecular flexibility index (Phi) is 4.02. The largest absolute Gasteiger partial charge is 0.454 e. The predicted octanol–water partition coefficient (Wildman–Crippen LogP) is 4.78. The van der Waals surface area contributed by atoms with Gasteiger partial charge in [0.2, 0.25) is 0 Å². The molecule has 1 N–H and O–H groups in total. The fourth-order valence-corrected chi connectivity index (χ4v) is 7.92. The SMILES string of the molecule is Cc1sc2nc([C@@H](C)OC(=O)C34C[C@@H]5C[C@@H](CC(Cl)(C5)C3)C4)[nH]c(=O)c2c1C. The molecule has 2 unspecified atom stereocenters. The van der Waals surface area contributed by atoms with E-state index in [0.29, 0.717) is 34.3 Å². The van der Waals surface area contributed by atoms with Crippen molar-refractivity contribution in [1.29, 1.82) is 0 Å². The molecule has 7 heteroatoms. The number of thiophene rings is 1. The number of alkyl halides is 1. The summed E-state index contributed by atoms with van der Waals surface area (Å²) < 4.78 is 5.88. The molecule has 2 aromatic heterocycles. The van der Waals surface area contributed by atoms with E-state index in [2.05, 4.69) is 9.97 Å². The minimum absolute atomic E-state index is 0.166. The molecule has 28 heavy (non-hydrogen) atoms. The fourth-order valence-electron chi connectivity index (χ4n) is 6.19. The van der Waals surface area contributed by atoms with E-state index in [1.54, 1.807) is 6.92 Å². The maximum atomic E-state index is 13.2. The zero-order valence-electron chi connectivity index (χ0n) is 16.4. The Bertz CT molecular complexity index is 1030. The minimum atomic E-state index is -0.591. The van der Waals surface area contributed by atoms with E-state index >= 15 is 0 Å². The number of hydrogen-bond acceptors (Lipinski definition) is 5. The van der Waals surface area contributed by atoms with Crippen molar-refractivity contribution in [2.75, 3.05) is 0 Å². The number of fused-ring (bicyclic) bond motifs is 1. The van der Waals surface area contributed by atoms with Crippen LogP contribution in [0, 0.1) is 31.1 Å². The van der Waals surface area contributed by atoms with Gasteiger partial charge in [-0.3, -0.25) is 9.59 Å². The number of aryl methyl sites for hydroxylation is 2. The number of aromatic amines is 1. The standard InChI is InChI=1S/C21H25ClN2O3S/c1-10-12(3)28-18-15(10)17(25)23-16(24-18)11(2)27-19(26)20-5-13-4-14(6-20)8-21(22,7-13)9-20/h11,13-14H,4-9H2,1-3H3,(H,23,24,25)/t11-,13-,14+,20?,21?/m1/s1. The van der Waals surface area contributed by atoms with Crippen LogP contribution in [0.2, 0.25) is 0 Å². The Labute approximate surface area is 172 Å². The number of ether oxygens (including phenoxy) is 1. The summed E-state index contributed by atoms with van der Waals surface area (Å²) in [7, 11) is 0. The quantitative estimate of drug-likeness (QED) is 0.572. The first-order chi connectivity index (χ1) is 13.2. The Morgan fingerprint density at radius 3 is 2.61 bits per heavy atom. The van der Waals surface area contributed by atoms with Crippen LogP contribution >= 0.6 is 22.9 Å². The predicted molar refractivity (Wildman–Crippen MR) is 110 cm³/mol. The highest BCUT2D eigenvalue weighted by molar-refractivity contribution is 7.18. The summed E-state index contributed by atoms with van der Waals surface area (Å²) in [6, 6.07) is 0. The molecular weight excluding hydrogens is 396 g/mol. The zero-order chi connectivity index (χ0) is 19.8. The monoisotopic (exact) mass is 420 g/mol. The molecule has 2 heterocycles. The van der Waals surface area contributed by atoms with Crippen LogP contribution in [0.15, 0.2) is 4.79 Å². The first kappa shape index (κ1) is 18.6. The molecule has 4 aliphatic carbocycles. The number of hydrogen-bond donors (Lipinski definition) is 1.